The molecule has 1 fully saturated rings. The average Bonchev–Trinajstić information content (AvgIpc) is 3.16. The SMILES string of the molecule is CC(=O)NCc1ccc(C(=O)N2CCN(CC(=O)Nc3ccccc3)CC2)s1. The van der Waals surface area contributed by atoms with Crippen LogP contribution in [0.1, 0.15) is 21.5 Å². The van der Waals surface area contributed by atoms with E-state index in [1.54, 1.807) is 0 Å². The van der Waals surface area contributed by atoms with Crippen LogP contribution >= 0.6 is 11.3 Å². The molecule has 8 heteroatoms. The maximum absolute atomic E-state index is 12.7. The molecular formula is C20H24N4O3S. The van der Waals surface area contributed by atoms with Gasteiger partial charge in [0.1, 0.15) is 0 Å². The van der Waals surface area contributed by atoms with E-state index in [2.05, 4.69) is 15.5 Å². The molecule has 0 bridgehead atoms. The Balaban J connectivity index is 1.45. The Morgan fingerprint density at radius 2 is 1.71 bits per heavy atom. The van der Waals surface area contributed by atoms with Crippen molar-refractivity contribution in [2.75, 3.05) is 38.0 Å². The van der Waals surface area contributed by atoms with Crippen molar-refractivity contribution in [1.82, 2.24) is 15.1 Å². The van der Waals surface area contributed by atoms with E-state index in [1.165, 1.54) is 18.3 Å². The summed E-state index contributed by atoms with van der Waals surface area (Å²) in [5.41, 5.74) is 0.786. The molecule has 148 valence electrons. The molecular weight excluding hydrogens is 376 g/mol. The van der Waals surface area contributed by atoms with Crippen LogP contribution in [0.25, 0.3) is 0 Å². The minimum Gasteiger partial charge on any atom is -0.351 e. The molecule has 1 aliphatic heterocycles. The molecule has 2 N–H and O–H groups in total. The first kappa shape index (κ1) is 20.0. The van der Waals surface area contributed by atoms with Gasteiger partial charge in [-0.15, -0.1) is 11.3 Å². The van der Waals surface area contributed by atoms with E-state index < -0.39 is 0 Å². The highest BCUT2D eigenvalue weighted by atomic mass is 32.1. The van der Waals surface area contributed by atoms with Gasteiger partial charge in [-0.1, -0.05) is 18.2 Å². The Labute approximate surface area is 168 Å². The van der Waals surface area contributed by atoms with E-state index in [9.17, 15) is 14.4 Å². The van der Waals surface area contributed by atoms with E-state index in [0.717, 1.165) is 10.6 Å². The van der Waals surface area contributed by atoms with Gasteiger partial charge in [0, 0.05) is 43.7 Å². The van der Waals surface area contributed by atoms with Gasteiger partial charge in [0.2, 0.25) is 11.8 Å². The molecule has 3 rings (SSSR count). The molecule has 0 spiro atoms. The minimum absolute atomic E-state index is 0.00691. The molecule has 2 aromatic rings. The highest BCUT2D eigenvalue weighted by molar-refractivity contribution is 7.14. The first-order valence-corrected chi connectivity index (χ1v) is 10.0. The fourth-order valence-corrected chi connectivity index (χ4v) is 3.90. The van der Waals surface area contributed by atoms with Crippen molar-refractivity contribution in [2.24, 2.45) is 0 Å². The number of piperazine rings is 1. The Kier molecular flexibility index (Phi) is 6.78. The van der Waals surface area contributed by atoms with Gasteiger partial charge in [0.05, 0.1) is 18.0 Å². The molecule has 0 radical (unpaired) electrons. The Morgan fingerprint density at radius 1 is 1.00 bits per heavy atom. The van der Waals surface area contributed by atoms with E-state index in [4.69, 9.17) is 0 Å². The van der Waals surface area contributed by atoms with E-state index in [0.29, 0.717) is 44.1 Å². The molecule has 3 amide bonds. The molecule has 28 heavy (non-hydrogen) atoms. The van der Waals surface area contributed by atoms with Crippen LogP contribution in [0.3, 0.4) is 0 Å². The van der Waals surface area contributed by atoms with Crippen molar-refractivity contribution in [2.45, 2.75) is 13.5 Å². The molecule has 1 aromatic heterocycles. The van der Waals surface area contributed by atoms with Gasteiger partial charge in [0.15, 0.2) is 0 Å². The first-order valence-electron chi connectivity index (χ1n) is 9.21. The van der Waals surface area contributed by atoms with Gasteiger partial charge < -0.3 is 15.5 Å². The van der Waals surface area contributed by atoms with Crippen LogP contribution < -0.4 is 10.6 Å². The number of nitrogens with zero attached hydrogens (tertiary/aromatic N) is 2. The lowest BCUT2D eigenvalue weighted by Gasteiger charge is -2.34. The summed E-state index contributed by atoms with van der Waals surface area (Å²) in [4.78, 5) is 41.3. The van der Waals surface area contributed by atoms with Crippen molar-refractivity contribution in [3.8, 4) is 0 Å². The minimum atomic E-state index is -0.0892. The van der Waals surface area contributed by atoms with Crippen LogP contribution in [-0.4, -0.2) is 60.2 Å². The summed E-state index contributed by atoms with van der Waals surface area (Å²) in [5.74, 6) is -0.131. The number of carbonyl (C=O) groups excluding carboxylic acids is 3. The second-order valence-corrected chi connectivity index (χ2v) is 7.83. The third-order valence-corrected chi connectivity index (χ3v) is 5.54. The van der Waals surface area contributed by atoms with Crippen molar-refractivity contribution in [1.29, 1.82) is 0 Å². The predicted molar refractivity (Wildman–Crippen MR) is 109 cm³/mol. The number of anilines is 1. The largest absolute Gasteiger partial charge is 0.351 e. The normalized spacial score (nSPS) is 14.5. The highest BCUT2D eigenvalue weighted by Gasteiger charge is 2.24. The number of rotatable bonds is 6. The number of hydrogen-bond acceptors (Lipinski definition) is 5. The van der Waals surface area contributed by atoms with Crippen molar-refractivity contribution < 1.29 is 14.4 Å². The van der Waals surface area contributed by atoms with Gasteiger partial charge in [-0.25, -0.2) is 0 Å². The number of carbonyl (C=O) groups is 3. The zero-order valence-electron chi connectivity index (χ0n) is 15.8. The van der Waals surface area contributed by atoms with Crippen LogP contribution in [0, 0.1) is 0 Å². The quantitative estimate of drug-likeness (QED) is 0.775. The van der Waals surface area contributed by atoms with Crippen LogP contribution in [0.5, 0.6) is 0 Å². The standard InChI is InChI=1S/C20H24N4O3S/c1-15(25)21-13-17-7-8-18(28-17)20(27)24-11-9-23(10-12-24)14-19(26)22-16-5-3-2-4-6-16/h2-8H,9-14H2,1H3,(H,21,25)(H,22,26). The molecule has 0 aliphatic carbocycles. The van der Waals surface area contributed by atoms with Gasteiger partial charge in [-0.05, 0) is 24.3 Å². The summed E-state index contributed by atoms with van der Waals surface area (Å²) in [6.45, 7) is 4.75. The lowest BCUT2D eigenvalue weighted by Crippen LogP contribution is -2.50. The summed E-state index contributed by atoms with van der Waals surface area (Å²) in [6.07, 6.45) is 0. The Bertz CT molecular complexity index is 829. The number of para-hydroxylation sites is 1. The fourth-order valence-electron chi connectivity index (χ4n) is 2.99. The lowest BCUT2D eigenvalue weighted by molar-refractivity contribution is -0.119. The zero-order chi connectivity index (χ0) is 19.9. The van der Waals surface area contributed by atoms with Crippen LogP contribution in [-0.2, 0) is 16.1 Å². The van der Waals surface area contributed by atoms with E-state index in [1.807, 2.05) is 47.4 Å². The maximum atomic E-state index is 12.7. The van der Waals surface area contributed by atoms with Crippen LogP contribution in [0.2, 0.25) is 0 Å². The van der Waals surface area contributed by atoms with Gasteiger partial charge >= 0.3 is 0 Å². The van der Waals surface area contributed by atoms with Gasteiger partial charge in [-0.2, -0.15) is 0 Å². The molecule has 1 aromatic carbocycles. The Morgan fingerprint density at radius 3 is 2.39 bits per heavy atom. The summed E-state index contributed by atoms with van der Waals surface area (Å²) in [6, 6.07) is 13.1. The predicted octanol–water partition coefficient (Wildman–Crippen LogP) is 1.78. The van der Waals surface area contributed by atoms with E-state index >= 15 is 0 Å². The molecule has 0 unspecified atom stereocenters. The number of nitrogens with one attached hydrogen (secondary N) is 2. The third-order valence-electron chi connectivity index (χ3n) is 4.47. The van der Waals surface area contributed by atoms with Crippen molar-refractivity contribution in [3.63, 3.8) is 0 Å². The number of benzene rings is 1. The molecule has 0 saturated carbocycles. The second-order valence-electron chi connectivity index (χ2n) is 6.66. The maximum Gasteiger partial charge on any atom is 0.264 e. The summed E-state index contributed by atoms with van der Waals surface area (Å²) in [5, 5.41) is 5.62. The van der Waals surface area contributed by atoms with Gasteiger partial charge in [-0.3, -0.25) is 19.3 Å². The lowest BCUT2D eigenvalue weighted by atomic mass is 10.2. The molecule has 0 atom stereocenters. The summed E-state index contributed by atoms with van der Waals surface area (Å²) < 4.78 is 0. The third kappa shape index (κ3) is 5.64. The van der Waals surface area contributed by atoms with Crippen LogP contribution in [0.4, 0.5) is 5.69 Å². The average molecular weight is 401 g/mol. The monoisotopic (exact) mass is 400 g/mol. The van der Waals surface area contributed by atoms with E-state index in [-0.39, 0.29) is 17.7 Å². The molecule has 2 heterocycles. The summed E-state index contributed by atoms with van der Waals surface area (Å²) >= 11 is 1.41. The second kappa shape index (κ2) is 9.48. The Hall–Kier alpha value is -2.71. The topological polar surface area (TPSA) is 81.8 Å². The van der Waals surface area contributed by atoms with Crippen molar-refractivity contribution in [3.05, 3.63) is 52.2 Å². The van der Waals surface area contributed by atoms with Gasteiger partial charge in [0.25, 0.3) is 5.91 Å². The molecule has 1 saturated heterocycles. The van der Waals surface area contributed by atoms with Crippen molar-refractivity contribution >= 4 is 34.7 Å². The molecule has 7 nitrogen and oxygen atoms in total. The van der Waals surface area contributed by atoms with Crippen LogP contribution in [0.15, 0.2) is 42.5 Å². The smallest absolute Gasteiger partial charge is 0.264 e. The number of hydrogen-bond donors (Lipinski definition) is 2. The summed E-state index contributed by atoms with van der Waals surface area (Å²) in [7, 11) is 0. The first-order chi connectivity index (χ1) is 13.5. The highest BCUT2D eigenvalue weighted by Crippen LogP contribution is 2.19. The molecule has 1 aliphatic rings. The number of amides is 3. The zero-order valence-corrected chi connectivity index (χ0v) is 16.6. The fraction of sp³-hybridized carbons (Fsp3) is 0.350. The number of thiophene rings is 1.